The number of phenols is 2. The Morgan fingerprint density at radius 2 is 1.84 bits per heavy atom. The first-order chi connectivity index (χ1) is 9.06. The van der Waals surface area contributed by atoms with Crippen molar-refractivity contribution in [1.82, 2.24) is 0 Å². The number of rotatable bonds is 3. The van der Waals surface area contributed by atoms with E-state index in [4.69, 9.17) is 28.3 Å². The van der Waals surface area contributed by atoms with Gasteiger partial charge in [-0.3, -0.25) is 5.43 Å². The number of hydrogen-bond donors (Lipinski definition) is 3. The predicted octanol–water partition coefficient (Wildman–Crippen LogP) is 3.85. The summed E-state index contributed by atoms with van der Waals surface area (Å²) in [4.78, 5) is 0. The zero-order valence-corrected chi connectivity index (χ0v) is 11.2. The number of nitrogens with zero attached hydrogens (tertiary/aromatic N) is 1. The largest absolute Gasteiger partial charge is 0.508 e. The first-order valence-corrected chi connectivity index (χ1v) is 6.08. The average Bonchev–Trinajstić information content (AvgIpc) is 2.36. The molecular weight excluding hydrogens is 287 g/mol. The van der Waals surface area contributed by atoms with Crippen LogP contribution in [0, 0.1) is 0 Å². The van der Waals surface area contributed by atoms with Crippen molar-refractivity contribution in [3.05, 3.63) is 52.0 Å². The van der Waals surface area contributed by atoms with E-state index in [0.29, 0.717) is 21.3 Å². The van der Waals surface area contributed by atoms with Crippen LogP contribution in [0.15, 0.2) is 41.5 Å². The lowest BCUT2D eigenvalue weighted by Gasteiger charge is -2.04. The van der Waals surface area contributed by atoms with E-state index in [1.165, 1.54) is 24.4 Å². The lowest BCUT2D eigenvalue weighted by Crippen LogP contribution is -1.92. The molecule has 0 bridgehead atoms. The van der Waals surface area contributed by atoms with E-state index in [1.807, 2.05) is 0 Å². The zero-order chi connectivity index (χ0) is 13.8. The summed E-state index contributed by atoms with van der Waals surface area (Å²) in [5, 5.41) is 23.7. The Kier molecular flexibility index (Phi) is 4.14. The number of benzene rings is 2. The van der Waals surface area contributed by atoms with E-state index in [1.54, 1.807) is 18.2 Å². The molecule has 4 nitrogen and oxygen atoms in total. The highest BCUT2D eigenvalue weighted by molar-refractivity contribution is 6.35. The third kappa shape index (κ3) is 3.53. The van der Waals surface area contributed by atoms with E-state index in [-0.39, 0.29) is 11.5 Å². The van der Waals surface area contributed by atoms with E-state index in [0.717, 1.165) is 0 Å². The molecule has 0 fully saturated rings. The minimum absolute atomic E-state index is 0.0134. The summed E-state index contributed by atoms with van der Waals surface area (Å²) >= 11 is 11.8. The Morgan fingerprint density at radius 1 is 1.05 bits per heavy atom. The van der Waals surface area contributed by atoms with Crippen LogP contribution in [0.1, 0.15) is 5.56 Å². The number of anilines is 1. The summed E-state index contributed by atoms with van der Waals surface area (Å²) < 4.78 is 0. The van der Waals surface area contributed by atoms with Crippen LogP contribution in [-0.2, 0) is 0 Å². The minimum atomic E-state index is -0.0669. The molecule has 2 rings (SSSR count). The monoisotopic (exact) mass is 296 g/mol. The van der Waals surface area contributed by atoms with Gasteiger partial charge in [0.05, 0.1) is 16.9 Å². The molecule has 19 heavy (non-hydrogen) atoms. The summed E-state index contributed by atoms with van der Waals surface area (Å²) in [6.45, 7) is 0. The van der Waals surface area contributed by atoms with Crippen molar-refractivity contribution in [3.63, 3.8) is 0 Å². The molecule has 0 spiro atoms. The van der Waals surface area contributed by atoms with Crippen LogP contribution in [0.4, 0.5) is 5.69 Å². The first kappa shape index (κ1) is 13.5. The van der Waals surface area contributed by atoms with Gasteiger partial charge in [0.25, 0.3) is 0 Å². The van der Waals surface area contributed by atoms with Crippen molar-refractivity contribution in [2.24, 2.45) is 5.10 Å². The second-order valence-corrected chi connectivity index (χ2v) is 4.58. The number of hydrogen-bond acceptors (Lipinski definition) is 4. The van der Waals surface area contributed by atoms with E-state index < -0.39 is 0 Å². The number of hydrazone groups is 1. The molecular formula is C13H10Cl2N2O2. The molecule has 0 aromatic heterocycles. The van der Waals surface area contributed by atoms with Gasteiger partial charge in [0, 0.05) is 16.7 Å². The molecule has 0 radical (unpaired) electrons. The maximum atomic E-state index is 9.56. The summed E-state index contributed by atoms with van der Waals surface area (Å²) in [7, 11) is 0. The molecule has 0 aliphatic carbocycles. The standard InChI is InChI=1S/C13H10Cl2N2O2/c14-9-2-4-11(15)12(5-9)17-16-7-8-1-3-10(18)6-13(8)19/h1-7,17-19H/b16-7+. The van der Waals surface area contributed by atoms with E-state index >= 15 is 0 Å². The zero-order valence-electron chi connectivity index (χ0n) is 9.64. The minimum Gasteiger partial charge on any atom is -0.508 e. The Morgan fingerprint density at radius 3 is 2.58 bits per heavy atom. The summed E-state index contributed by atoms with van der Waals surface area (Å²) in [6, 6.07) is 9.18. The van der Waals surface area contributed by atoms with Gasteiger partial charge in [0.15, 0.2) is 0 Å². The lowest BCUT2D eigenvalue weighted by molar-refractivity contribution is 0.450. The van der Waals surface area contributed by atoms with Crippen LogP contribution in [0.3, 0.4) is 0 Å². The van der Waals surface area contributed by atoms with Crippen LogP contribution in [0.25, 0.3) is 0 Å². The highest BCUT2D eigenvalue weighted by Gasteiger charge is 2.01. The third-order valence-corrected chi connectivity index (χ3v) is 2.90. The average molecular weight is 297 g/mol. The molecule has 2 aromatic carbocycles. The van der Waals surface area contributed by atoms with Gasteiger partial charge in [-0.25, -0.2) is 0 Å². The molecule has 0 aliphatic rings. The Bertz CT molecular complexity index is 630. The SMILES string of the molecule is Oc1ccc(/C=N/Nc2cc(Cl)ccc2Cl)c(O)c1. The predicted molar refractivity (Wildman–Crippen MR) is 77.5 cm³/mol. The van der Waals surface area contributed by atoms with Crippen molar-refractivity contribution < 1.29 is 10.2 Å². The molecule has 0 saturated heterocycles. The van der Waals surface area contributed by atoms with E-state index in [2.05, 4.69) is 10.5 Å². The smallest absolute Gasteiger partial charge is 0.128 e. The fourth-order valence-electron chi connectivity index (χ4n) is 1.40. The highest BCUT2D eigenvalue weighted by Crippen LogP contribution is 2.25. The first-order valence-electron chi connectivity index (χ1n) is 5.32. The molecule has 0 atom stereocenters. The summed E-state index contributed by atoms with van der Waals surface area (Å²) in [6.07, 6.45) is 1.41. The molecule has 6 heteroatoms. The Hall–Kier alpha value is -1.91. The fraction of sp³-hybridized carbons (Fsp3) is 0. The normalized spacial score (nSPS) is 10.8. The van der Waals surface area contributed by atoms with Gasteiger partial charge in [-0.2, -0.15) is 5.10 Å². The van der Waals surface area contributed by atoms with Crippen LogP contribution in [0.5, 0.6) is 11.5 Å². The lowest BCUT2D eigenvalue weighted by atomic mass is 10.2. The number of halogens is 2. The molecule has 0 heterocycles. The van der Waals surface area contributed by atoms with Crippen LogP contribution >= 0.6 is 23.2 Å². The number of phenolic OH excluding ortho intramolecular Hbond substituents is 2. The molecule has 0 amide bonds. The van der Waals surface area contributed by atoms with Crippen LogP contribution in [0.2, 0.25) is 10.0 Å². The van der Waals surface area contributed by atoms with Crippen molar-refractivity contribution in [1.29, 1.82) is 0 Å². The Labute approximate surface area is 119 Å². The molecule has 3 N–H and O–H groups in total. The quantitative estimate of drug-likeness (QED) is 0.595. The van der Waals surface area contributed by atoms with Crippen molar-refractivity contribution in [2.75, 3.05) is 5.43 Å². The maximum absolute atomic E-state index is 9.56. The van der Waals surface area contributed by atoms with Crippen molar-refractivity contribution in [2.45, 2.75) is 0 Å². The molecule has 0 saturated carbocycles. The van der Waals surface area contributed by atoms with Gasteiger partial charge >= 0.3 is 0 Å². The summed E-state index contributed by atoms with van der Waals surface area (Å²) in [5.41, 5.74) is 3.74. The van der Waals surface area contributed by atoms with Gasteiger partial charge < -0.3 is 10.2 Å². The second-order valence-electron chi connectivity index (χ2n) is 3.74. The van der Waals surface area contributed by atoms with Crippen molar-refractivity contribution >= 4 is 35.1 Å². The second kappa shape index (κ2) is 5.82. The molecule has 0 unspecified atom stereocenters. The van der Waals surface area contributed by atoms with Gasteiger partial charge in [0.1, 0.15) is 11.5 Å². The summed E-state index contributed by atoms with van der Waals surface area (Å²) in [5.74, 6) is -0.0803. The fourth-order valence-corrected chi connectivity index (χ4v) is 1.73. The topological polar surface area (TPSA) is 64.9 Å². The van der Waals surface area contributed by atoms with Gasteiger partial charge in [-0.05, 0) is 30.3 Å². The van der Waals surface area contributed by atoms with Crippen LogP contribution in [-0.4, -0.2) is 16.4 Å². The van der Waals surface area contributed by atoms with Gasteiger partial charge in [-0.1, -0.05) is 23.2 Å². The van der Waals surface area contributed by atoms with Gasteiger partial charge in [0.2, 0.25) is 0 Å². The number of aromatic hydroxyl groups is 2. The highest BCUT2D eigenvalue weighted by atomic mass is 35.5. The molecule has 2 aromatic rings. The number of nitrogens with one attached hydrogen (secondary N) is 1. The van der Waals surface area contributed by atoms with Crippen LogP contribution < -0.4 is 5.43 Å². The molecule has 0 aliphatic heterocycles. The molecule has 98 valence electrons. The Balaban J connectivity index is 2.13. The maximum Gasteiger partial charge on any atom is 0.128 e. The van der Waals surface area contributed by atoms with Crippen molar-refractivity contribution in [3.8, 4) is 11.5 Å². The van der Waals surface area contributed by atoms with Gasteiger partial charge in [-0.15, -0.1) is 0 Å². The third-order valence-electron chi connectivity index (χ3n) is 2.33. The van der Waals surface area contributed by atoms with E-state index in [9.17, 15) is 5.11 Å².